The van der Waals surface area contributed by atoms with Crippen LogP contribution in [-0.4, -0.2) is 49.9 Å². The zero-order valence-electron chi connectivity index (χ0n) is 15.4. The SMILES string of the molecule is COc1ccc(NC(=O)CN(C)C(=O)CCNC(=O)c2ccccc2)cc1. The number of nitrogens with one attached hydrogen (secondary N) is 2. The smallest absolute Gasteiger partial charge is 0.251 e. The van der Waals surface area contributed by atoms with E-state index in [4.69, 9.17) is 4.74 Å². The second-order valence-corrected chi connectivity index (χ2v) is 5.90. The van der Waals surface area contributed by atoms with Crippen molar-refractivity contribution in [1.82, 2.24) is 10.2 Å². The average Bonchev–Trinajstić information content (AvgIpc) is 2.68. The maximum Gasteiger partial charge on any atom is 0.251 e. The lowest BCUT2D eigenvalue weighted by atomic mass is 10.2. The molecule has 0 saturated carbocycles. The third-order valence-electron chi connectivity index (χ3n) is 3.84. The first-order valence-corrected chi connectivity index (χ1v) is 8.50. The van der Waals surface area contributed by atoms with E-state index in [1.165, 1.54) is 4.90 Å². The fraction of sp³-hybridized carbons (Fsp3) is 0.250. The van der Waals surface area contributed by atoms with Crippen molar-refractivity contribution in [3.05, 3.63) is 60.2 Å². The number of rotatable bonds is 8. The monoisotopic (exact) mass is 369 g/mol. The molecule has 0 aliphatic carbocycles. The van der Waals surface area contributed by atoms with Gasteiger partial charge in [0.05, 0.1) is 13.7 Å². The molecule has 0 aliphatic rings. The van der Waals surface area contributed by atoms with Gasteiger partial charge in [0.2, 0.25) is 11.8 Å². The summed E-state index contributed by atoms with van der Waals surface area (Å²) < 4.78 is 5.06. The van der Waals surface area contributed by atoms with E-state index in [2.05, 4.69) is 10.6 Å². The molecule has 2 rings (SSSR count). The molecule has 0 spiro atoms. The molecular formula is C20H23N3O4. The molecular weight excluding hydrogens is 346 g/mol. The fourth-order valence-corrected chi connectivity index (χ4v) is 2.34. The first kappa shape index (κ1) is 20.0. The molecule has 2 aromatic carbocycles. The number of ether oxygens (including phenoxy) is 1. The van der Waals surface area contributed by atoms with Crippen molar-refractivity contribution in [2.24, 2.45) is 0 Å². The van der Waals surface area contributed by atoms with Crippen LogP contribution >= 0.6 is 0 Å². The second-order valence-electron chi connectivity index (χ2n) is 5.90. The lowest BCUT2D eigenvalue weighted by Gasteiger charge is -2.17. The van der Waals surface area contributed by atoms with Gasteiger partial charge in [-0.25, -0.2) is 0 Å². The molecule has 0 heterocycles. The van der Waals surface area contributed by atoms with E-state index in [1.807, 2.05) is 6.07 Å². The molecule has 0 saturated heterocycles. The number of hydrogen-bond donors (Lipinski definition) is 2. The minimum atomic E-state index is -0.302. The number of anilines is 1. The third-order valence-corrected chi connectivity index (χ3v) is 3.84. The highest BCUT2D eigenvalue weighted by Gasteiger charge is 2.13. The van der Waals surface area contributed by atoms with Crippen LogP contribution in [0.4, 0.5) is 5.69 Å². The minimum absolute atomic E-state index is 0.0719. The largest absolute Gasteiger partial charge is 0.497 e. The van der Waals surface area contributed by atoms with Gasteiger partial charge in [-0.15, -0.1) is 0 Å². The van der Waals surface area contributed by atoms with Gasteiger partial charge in [0.25, 0.3) is 5.91 Å². The van der Waals surface area contributed by atoms with E-state index < -0.39 is 0 Å². The van der Waals surface area contributed by atoms with Crippen molar-refractivity contribution in [1.29, 1.82) is 0 Å². The molecule has 7 nitrogen and oxygen atoms in total. The van der Waals surface area contributed by atoms with Gasteiger partial charge in [0, 0.05) is 31.3 Å². The summed E-state index contributed by atoms with van der Waals surface area (Å²) >= 11 is 0. The molecule has 0 bridgehead atoms. The molecule has 2 aromatic rings. The van der Waals surface area contributed by atoms with Crippen molar-refractivity contribution in [2.45, 2.75) is 6.42 Å². The molecule has 0 fully saturated rings. The van der Waals surface area contributed by atoms with Gasteiger partial charge in [-0.05, 0) is 36.4 Å². The van der Waals surface area contributed by atoms with E-state index in [9.17, 15) is 14.4 Å². The van der Waals surface area contributed by atoms with Crippen molar-refractivity contribution >= 4 is 23.4 Å². The number of nitrogens with zero attached hydrogens (tertiary/aromatic N) is 1. The number of benzene rings is 2. The highest BCUT2D eigenvalue weighted by Crippen LogP contribution is 2.14. The highest BCUT2D eigenvalue weighted by molar-refractivity contribution is 5.95. The van der Waals surface area contributed by atoms with Crippen LogP contribution in [0, 0.1) is 0 Å². The summed E-state index contributed by atoms with van der Waals surface area (Å²) in [6.45, 7) is 0.133. The Labute approximate surface area is 158 Å². The normalized spacial score (nSPS) is 10.0. The van der Waals surface area contributed by atoms with Crippen molar-refractivity contribution in [2.75, 3.05) is 32.6 Å². The van der Waals surface area contributed by atoms with Crippen LogP contribution in [0.2, 0.25) is 0 Å². The molecule has 0 aliphatic heterocycles. The third kappa shape index (κ3) is 6.47. The summed E-state index contributed by atoms with van der Waals surface area (Å²) in [5.74, 6) is -0.0706. The average molecular weight is 369 g/mol. The maximum absolute atomic E-state index is 12.1. The summed E-state index contributed by atoms with van der Waals surface area (Å²) in [7, 11) is 3.12. The van der Waals surface area contributed by atoms with Gasteiger partial charge in [0.15, 0.2) is 0 Å². The molecule has 0 atom stereocenters. The van der Waals surface area contributed by atoms with Crippen LogP contribution < -0.4 is 15.4 Å². The van der Waals surface area contributed by atoms with Gasteiger partial charge in [-0.3, -0.25) is 14.4 Å². The Morgan fingerprint density at radius 3 is 2.30 bits per heavy atom. The summed E-state index contributed by atoms with van der Waals surface area (Å²) in [5, 5.41) is 5.41. The van der Waals surface area contributed by atoms with Crippen molar-refractivity contribution in [3.8, 4) is 5.75 Å². The van der Waals surface area contributed by atoms with E-state index >= 15 is 0 Å². The number of carbonyl (C=O) groups is 3. The summed E-state index contributed by atoms with van der Waals surface area (Å²) in [6, 6.07) is 15.7. The summed E-state index contributed by atoms with van der Waals surface area (Å²) in [5.41, 5.74) is 1.16. The molecule has 0 unspecified atom stereocenters. The second kappa shape index (κ2) is 9.96. The van der Waals surface area contributed by atoms with Gasteiger partial charge in [-0.2, -0.15) is 0 Å². The Morgan fingerprint density at radius 2 is 1.67 bits per heavy atom. The van der Waals surface area contributed by atoms with E-state index in [-0.39, 0.29) is 37.2 Å². The van der Waals surface area contributed by atoms with Crippen LogP contribution in [-0.2, 0) is 9.59 Å². The van der Waals surface area contributed by atoms with Crippen LogP contribution in [0.5, 0.6) is 5.75 Å². The van der Waals surface area contributed by atoms with Crippen LogP contribution in [0.15, 0.2) is 54.6 Å². The Balaban J connectivity index is 1.72. The van der Waals surface area contributed by atoms with Gasteiger partial charge in [0.1, 0.15) is 5.75 Å². The Hall–Kier alpha value is -3.35. The lowest BCUT2D eigenvalue weighted by molar-refractivity contribution is -0.133. The Bertz CT molecular complexity index is 776. The number of hydrogen-bond acceptors (Lipinski definition) is 4. The van der Waals surface area contributed by atoms with E-state index in [0.717, 1.165) is 0 Å². The first-order chi connectivity index (χ1) is 13.0. The van der Waals surface area contributed by atoms with Gasteiger partial charge in [-0.1, -0.05) is 18.2 Å². The topological polar surface area (TPSA) is 87.7 Å². The molecule has 0 radical (unpaired) electrons. The van der Waals surface area contributed by atoms with Crippen molar-refractivity contribution < 1.29 is 19.1 Å². The zero-order valence-corrected chi connectivity index (χ0v) is 15.4. The van der Waals surface area contributed by atoms with Gasteiger partial charge < -0.3 is 20.3 Å². The molecule has 2 N–H and O–H groups in total. The number of amides is 3. The predicted octanol–water partition coefficient (Wildman–Crippen LogP) is 1.91. The van der Waals surface area contributed by atoms with Crippen molar-refractivity contribution in [3.63, 3.8) is 0 Å². The molecule has 27 heavy (non-hydrogen) atoms. The van der Waals surface area contributed by atoms with E-state index in [0.29, 0.717) is 17.0 Å². The fourth-order valence-electron chi connectivity index (χ4n) is 2.34. The Morgan fingerprint density at radius 1 is 1.00 bits per heavy atom. The first-order valence-electron chi connectivity index (χ1n) is 8.50. The van der Waals surface area contributed by atoms with Crippen LogP contribution in [0.3, 0.4) is 0 Å². The Kier molecular flexibility index (Phi) is 7.37. The zero-order chi connectivity index (χ0) is 19.6. The molecule has 7 heteroatoms. The standard InChI is InChI=1S/C20H23N3O4/c1-23(14-18(24)22-16-8-10-17(27-2)11-9-16)19(25)12-13-21-20(26)15-6-4-3-5-7-15/h3-11H,12-14H2,1-2H3,(H,21,26)(H,22,24). The maximum atomic E-state index is 12.1. The van der Waals surface area contributed by atoms with Crippen LogP contribution in [0.1, 0.15) is 16.8 Å². The summed E-state index contributed by atoms with van der Waals surface area (Å²) in [6.07, 6.45) is 0.116. The van der Waals surface area contributed by atoms with E-state index in [1.54, 1.807) is 62.7 Å². The minimum Gasteiger partial charge on any atom is -0.497 e. The number of methoxy groups -OCH3 is 1. The lowest BCUT2D eigenvalue weighted by Crippen LogP contribution is -2.37. The highest BCUT2D eigenvalue weighted by atomic mass is 16.5. The summed E-state index contributed by atoms with van der Waals surface area (Å²) in [4.78, 5) is 37.4. The number of carbonyl (C=O) groups excluding carboxylic acids is 3. The quantitative estimate of drug-likeness (QED) is 0.744. The molecule has 142 valence electrons. The van der Waals surface area contributed by atoms with Gasteiger partial charge >= 0.3 is 0 Å². The number of likely N-dealkylation sites (N-methyl/N-ethyl adjacent to an activating group) is 1. The van der Waals surface area contributed by atoms with Crippen LogP contribution in [0.25, 0.3) is 0 Å². The predicted molar refractivity (Wildman–Crippen MR) is 103 cm³/mol. The molecule has 3 amide bonds. The molecule has 0 aromatic heterocycles.